The molecule has 0 aromatic heterocycles. The van der Waals surface area contributed by atoms with E-state index in [2.05, 4.69) is 27.2 Å². The van der Waals surface area contributed by atoms with E-state index in [1.807, 2.05) is 13.8 Å². The Hall–Kier alpha value is -3.14. The summed E-state index contributed by atoms with van der Waals surface area (Å²) in [6.07, 6.45) is 11.4. The number of sulfone groups is 1. The van der Waals surface area contributed by atoms with E-state index in [4.69, 9.17) is 6.42 Å². The van der Waals surface area contributed by atoms with Crippen molar-refractivity contribution in [2.75, 3.05) is 25.1 Å². The second kappa shape index (κ2) is 17.4. The average Bonchev–Trinajstić information content (AvgIpc) is 2.93. The number of carbonyl (C=O) groups is 5. The Kier molecular flexibility index (Phi) is 15.4. The van der Waals surface area contributed by atoms with Gasteiger partial charge in [-0.1, -0.05) is 53.9 Å². The van der Waals surface area contributed by atoms with Crippen LogP contribution < -0.4 is 21.3 Å². The van der Waals surface area contributed by atoms with Gasteiger partial charge in [0.25, 0.3) is 5.91 Å². The van der Waals surface area contributed by atoms with E-state index in [9.17, 15) is 32.4 Å². The van der Waals surface area contributed by atoms with Gasteiger partial charge in [-0.3, -0.25) is 19.2 Å². The molecule has 1 saturated carbocycles. The molecule has 1 rings (SSSR count). The molecular weight excluding hydrogens is 586 g/mol. The molecular formula is C31H53N5O7S. The van der Waals surface area contributed by atoms with Crippen LogP contribution in [0.15, 0.2) is 0 Å². The van der Waals surface area contributed by atoms with E-state index >= 15 is 0 Å². The zero-order valence-corrected chi connectivity index (χ0v) is 28.3. The summed E-state index contributed by atoms with van der Waals surface area (Å²) < 4.78 is 24.4. The summed E-state index contributed by atoms with van der Waals surface area (Å²) in [6, 6.07) is -3.94. The van der Waals surface area contributed by atoms with Crippen LogP contribution >= 0.6 is 0 Å². The van der Waals surface area contributed by atoms with Crippen LogP contribution in [-0.2, 0) is 29.0 Å². The Morgan fingerprint density at radius 1 is 1.00 bits per heavy atom. The number of hydrogen-bond donors (Lipinski definition) is 4. The molecule has 12 nitrogen and oxygen atoms in total. The van der Waals surface area contributed by atoms with Crippen molar-refractivity contribution in [3.05, 3.63) is 0 Å². The fourth-order valence-corrected chi connectivity index (χ4v) is 6.77. The fourth-order valence-electron chi connectivity index (χ4n) is 5.41. The van der Waals surface area contributed by atoms with E-state index in [1.165, 1.54) is 11.8 Å². The Morgan fingerprint density at radius 2 is 1.61 bits per heavy atom. The topological polar surface area (TPSA) is 171 Å². The molecule has 4 N–H and O–H groups in total. The summed E-state index contributed by atoms with van der Waals surface area (Å²) in [5.41, 5.74) is -1.71. The van der Waals surface area contributed by atoms with Crippen molar-refractivity contribution in [2.45, 2.75) is 123 Å². The normalized spacial score (nSPS) is 16.8. The Balaban J connectivity index is 3.22. The number of nitrogens with zero attached hydrogens (tertiary/aromatic N) is 1. The first-order valence-electron chi connectivity index (χ1n) is 15.5. The van der Waals surface area contributed by atoms with Gasteiger partial charge in [-0.05, 0) is 44.4 Å². The minimum absolute atomic E-state index is 0.0522. The summed E-state index contributed by atoms with van der Waals surface area (Å²) in [5, 5.41) is 10.8. The minimum Gasteiger partial charge on any atom is -0.349 e. The van der Waals surface area contributed by atoms with Crippen molar-refractivity contribution in [3.63, 3.8) is 0 Å². The monoisotopic (exact) mass is 639 g/mol. The standard InChI is InChI=1S/C31H53N5O7S/c1-9-12-16-23(24(37)27(39)32-19-10-2)33-26(38)22(4)36(20-11-3)28(40)25(30(5,6)7)34-29(41)35-31(21-44(8,42)43)17-14-13-15-18-31/h1,22-23,25H,10-21H2,2-8H3,(H,32,39)(H,33,38)(H2,34,35,41)/t22-,23?,25+/m0/s1. The molecule has 0 radical (unpaired) electrons. The third-order valence-electron chi connectivity index (χ3n) is 7.68. The smallest absolute Gasteiger partial charge is 0.315 e. The summed E-state index contributed by atoms with van der Waals surface area (Å²) in [4.78, 5) is 67.3. The van der Waals surface area contributed by atoms with Gasteiger partial charge in [0.05, 0.1) is 17.3 Å². The number of carbonyl (C=O) groups excluding carboxylic acids is 5. The molecule has 0 bridgehead atoms. The second-order valence-electron chi connectivity index (χ2n) is 12.9. The SMILES string of the molecule is C#CCCC(NC(=O)[C@H](C)N(CCC)C(=O)[C@@H](NC(=O)NC1(CS(C)(=O)=O)CCCCC1)C(C)(C)C)C(=O)C(=O)NCCC. The molecule has 0 saturated heterocycles. The van der Waals surface area contributed by atoms with Crippen LogP contribution in [-0.4, -0.2) is 91.6 Å². The summed E-state index contributed by atoms with van der Waals surface area (Å²) in [6.45, 7) is 11.0. The molecule has 0 aromatic rings. The van der Waals surface area contributed by atoms with Crippen LogP contribution in [0.2, 0.25) is 0 Å². The molecule has 0 heterocycles. The zero-order chi connectivity index (χ0) is 33.7. The predicted molar refractivity (Wildman–Crippen MR) is 170 cm³/mol. The van der Waals surface area contributed by atoms with Crippen LogP contribution in [0, 0.1) is 17.8 Å². The lowest BCUT2D eigenvalue weighted by Crippen LogP contribution is -2.63. The van der Waals surface area contributed by atoms with Gasteiger partial charge < -0.3 is 26.2 Å². The van der Waals surface area contributed by atoms with Gasteiger partial charge in [0.2, 0.25) is 17.6 Å². The van der Waals surface area contributed by atoms with Crippen LogP contribution in [0.5, 0.6) is 0 Å². The molecule has 5 amide bonds. The highest BCUT2D eigenvalue weighted by Gasteiger charge is 2.42. The van der Waals surface area contributed by atoms with E-state index in [1.54, 1.807) is 20.8 Å². The first kappa shape index (κ1) is 38.9. The number of rotatable bonds is 16. The molecule has 1 aliphatic rings. The van der Waals surface area contributed by atoms with Crippen LogP contribution in [0.3, 0.4) is 0 Å². The molecule has 1 fully saturated rings. The fraction of sp³-hybridized carbons (Fsp3) is 0.774. The van der Waals surface area contributed by atoms with Gasteiger partial charge in [0, 0.05) is 25.8 Å². The van der Waals surface area contributed by atoms with Gasteiger partial charge in [-0.25, -0.2) is 13.2 Å². The summed E-state index contributed by atoms with van der Waals surface area (Å²) >= 11 is 0. The van der Waals surface area contributed by atoms with Gasteiger partial charge in [0.1, 0.15) is 21.9 Å². The van der Waals surface area contributed by atoms with Crippen molar-refractivity contribution in [3.8, 4) is 12.3 Å². The molecule has 13 heteroatoms. The number of hydrogen-bond acceptors (Lipinski definition) is 7. The first-order chi connectivity index (χ1) is 20.4. The van der Waals surface area contributed by atoms with Gasteiger partial charge in [-0.15, -0.1) is 12.3 Å². The molecule has 0 aromatic carbocycles. The maximum absolute atomic E-state index is 14.0. The number of Topliss-reactive ketones (excluding diaryl/α,β-unsaturated/α-hetero) is 1. The van der Waals surface area contributed by atoms with Crippen molar-refractivity contribution >= 4 is 39.4 Å². The molecule has 250 valence electrons. The zero-order valence-electron chi connectivity index (χ0n) is 27.5. The maximum Gasteiger partial charge on any atom is 0.315 e. The third-order valence-corrected chi connectivity index (χ3v) is 8.76. The predicted octanol–water partition coefficient (Wildman–Crippen LogP) is 2.07. The molecule has 1 unspecified atom stereocenters. The lowest BCUT2D eigenvalue weighted by atomic mass is 9.83. The number of ketones is 1. The molecule has 3 atom stereocenters. The van der Waals surface area contributed by atoms with Gasteiger partial charge in [-0.2, -0.15) is 0 Å². The Labute approximate surface area is 263 Å². The summed E-state index contributed by atoms with van der Waals surface area (Å²) in [5.74, 6) is -0.577. The molecule has 44 heavy (non-hydrogen) atoms. The van der Waals surface area contributed by atoms with Crippen LogP contribution in [0.25, 0.3) is 0 Å². The van der Waals surface area contributed by atoms with E-state index in [0.717, 1.165) is 25.5 Å². The highest BCUT2D eigenvalue weighted by Crippen LogP contribution is 2.30. The van der Waals surface area contributed by atoms with Gasteiger partial charge in [0.15, 0.2) is 0 Å². The van der Waals surface area contributed by atoms with Crippen LogP contribution in [0.4, 0.5) is 4.79 Å². The van der Waals surface area contributed by atoms with Gasteiger partial charge >= 0.3 is 6.03 Å². The lowest BCUT2D eigenvalue weighted by molar-refractivity contribution is -0.145. The number of terminal acetylenes is 1. The molecule has 0 aliphatic heterocycles. The van der Waals surface area contributed by atoms with Crippen molar-refractivity contribution in [1.29, 1.82) is 0 Å². The largest absolute Gasteiger partial charge is 0.349 e. The van der Waals surface area contributed by atoms with E-state index in [-0.39, 0.29) is 25.1 Å². The van der Waals surface area contributed by atoms with Crippen LogP contribution in [0.1, 0.15) is 99.3 Å². The number of urea groups is 1. The van der Waals surface area contributed by atoms with Crippen molar-refractivity contribution in [2.24, 2.45) is 5.41 Å². The minimum atomic E-state index is -3.40. The quantitative estimate of drug-likeness (QED) is 0.148. The average molecular weight is 640 g/mol. The van der Waals surface area contributed by atoms with Crippen molar-refractivity contribution < 1.29 is 32.4 Å². The molecule has 1 aliphatic carbocycles. The first-order valence-corrected chi connectivity index (χ1v) is 17.6. The number of amides is 5. The van der Waals surface area contributed by atoms with E-state index in [0.29, 0.717) is 32.2 Å². The number of nitrogens with one attached hydrogen (secondary N) is 4. The maximum atomic E-state index is 14.0. The Morgan fingerprint density at radius 3 is 2.11 bits per heavy atom. The second-order valence-corrected chi connectivity index (χ2v) is 15.1. The van der Waals surface area contributed by atoms with Crippen molar-refractivity contribution in [1.82, 2.24) is 26.2 Å². The Bertz CT molecular complexity index is 1170. The van der Waals surface area contributed by atoms with E-state index < -0.39 is 68.5 Å². The highest BCUT2D eigenvalue weighted by molar-refractivity contribution is 7.90. The lowest BCUT2D eigenvalue weighted by Gasteiger charge is -2.40. The molecule has 0 spiro atoms. The third kappa shape index (κ3) is 12.5. The summed E-state index contributed by atoms with van der Waals surface area (Å²) in [7, 11) is -3.40. The highest BCUT2D eigenvalue weighted by atomic mass is 32.2.